The molecule has 0 saturated carbocycles. The molecule has 168 valence electrons. The van der Waals surface area contributed by atoms with E-state index in [4.69, 9.17) is 9.47 Å². The van der Waals surface area contributed by atoms with Crippen LogP contribution in [0.4, 0.5) is 4.39 Å². The van der Waals surface area contributed by atoms with Crippen LogP contribution in [0.3, 0.4) is 0 Å². The number of aryl methyl sites for hydroxylation is 1. The van der Waals surface area contributed by atoms with Crippen molar-refractivity contribution >= 4 is 27.5 Å². The quantitative estimate of drug-likeness (QED) is 0.488. The summed E-state index contributed by atoms with van der Waals surface area (Å²) >= 11 is 1.17. The lowest BCUT2D eigenvalue weighted by Gasteiger charge is -2.26. The van der Waals surface area contributed by atoms with Gasteiger partial charge in [0.1, 0.15) is 23.4 Å². The molecule has 1 N–H and O–H groups in total. The molecule has 3 heterocycles. The Labute approximate surface area is 192 Å². The Morgan fingerprint density at radius 3 is 2.88 bits per heavy atom. The summed E-state index contributed by atoms with van der Waals surface area (Å²) in [7, 11) is 0. The Morgan fingerprint density at radius 1 is 1.24 bits per heavy atom. The lowest BCUT2D eigenvalue weighted by molar-refractivity contribution is 0.0791. The van der Waals surface area contributed by atoms with E-state index < -0.39 is 0 Å². The molecule has 1 aliphatic rings. The maximum absolute atomic E-state index is 13.5. The lowest BCUT2D eigenvalue weighted by Crippen LogP contribution is -2.40. The predicted octanol–water partition coefficient (Wildman–Crippen LogP) is 3.52. The number of hydrogen-bond donors (Lipinski definition) is 1. The van der Waals surface area contributed by atoms with Crippen molar-refractivity contribution in [1.29, 1.82) is 0 Å². The van der Waals surface area contributed by atoms with Gasteiger partial charge >= 0.3 is 0 Å². The van der Waals surface area contributed by atoms with Gasteiger partial charge < -0.3 is 14.8 Å². The number of halogens is 1. The van der Waals surface area contributed by atoms with E-state index in [9.17, 15) is 14.0 Å². The van der Waals surface area contributed by atoms with Crippen LogP contribution in [0.1, 0.15) is 20.8 Å². The predicted molar refractivity (Wildman–Crippen MR) is 123 cm³/mol. The molecule has 2 aromatic heterocycles. The third-order valence-electron chi connectivity index (χ3n) is 5.42. The molecule has 0 bridgehead atoms. The van der Waals surface area contributed by atoms with Crippen molar-refractivity contribution in [2.45, 2.75) is 19.6 Å². The molecule has 1 atom stereocenters. The average Bonchev–Trinajstić information content (AvgIpc) is 3.16. The highest BCUT2D eigenvalue weighted by atomic mass is 32.1. The molecule has 1 unspecified atom stereocenters. The van der Waals surface area contributed by atoms with E-state index in [1.54, 1.807) is 19.1 Å². The largest absolute Gasteiger partial charge is 0.486 e. The molecule has 0 saturated heterocycles. The summed E-state index contributed by atoms with van der Waals surface area (Å²) in [6.45, 7) is 2.52. The molecule has 5 rings (SSSR count). The van der Waals surface area contributed by atoms with E-state index in [2.05, 4.69) is 10.3 Å². The van der Waals surface area contributed by atoms with Crippen molar-refractivity contribution in [2.24, 2.45) is 0 Å². The first-order valence-electron chi connectivity index (χ1n) is 10.4. The third-order valence-corrected chi connectivity index (χ3v) is 6.62. The topological polar surface area (TPSA) is 82.4 Å². The standard InChI is InChI=1S/C24H20FN3O4S/c1-14-20-23(27-13-28(24(20)30)11-15-5-4-6-16(25)9-15)33-21(14)22(29)26-10-17-12-31-18-7-2-3-8-19(18)32-17/h2-9,13,17H,10-12H2,1H3,(H,26,29). The van der Waals surface area contributed by atoms with Gasteiger partial charge in [0, 0.05) is 0 Å². The molecule has 0 aliphatic carbocycles. The minimum absolute atomic E-state index is 0.191. The molecule has 0 fully saturated rings. The first-order chi connectivity index (χ1) is 16.0. The van der Waals surface area contributed by atoms with Crippen molar-refractivity contribution in [3.8, 4) is 11.5 Å². The molecule has 0 radical (unpaired) electrons. The van der Waals surface area contributed by atoms with Crippen LogP contribution < -0.4 is 20.3 Å². The van der Waals surface area contributed by atoms with Gasteiger partial charge in [0.05, 0.1) is 29.7 Å². The maximum Gasteiger partial charge on any atom is 0.262 e. The molecule has 0 spiro atoms. The summed E-state index contributed by atoms with van der Waals surface area (Å²) in [4.78, 5) is 31.2. The molecule has 4 aromatic rings. The van der Waals surface area contributed by atoms with E-state index >= 15 is 0 Å². The number of hydrogen-bond acceptors (Lipinski definition) is 6. The van der Waals surface area contributed by atoms with Gasteiger partial charge in [0.2, 0.25) is 0 Å². The number of nitrogens with one attached hydrogen (secondary N) is 1. The smallest absolute Gasteiger partial charge is 0.262 e. The fourth-order valence-corrected chi connectivity index (χ4v) is 4.83. The van der Waals surface area contributed by atoms with Gasteiger partial charge in [-0.15, -0.1) is 11.3 Å². The van der Waals surface area contributed by atoms with Crippen molar-refractivity contribution in [3.63, 3.8) is 0 Å². The van der Waals surface area contributed by atoms with Gasteiger partial charge in [-0.05, 0) is 42.3 Å². The number of carbonyl (C=O) groups excluding carboxylic acids is 1. The Kier molecular flexibility index (Phi) is 5.55. The number of carbonyl (C=O) groups is 1. The molecular formula is C24H20FN3O4S. The van der Waals surface area contributed by atoms with Gasteiger partial charge in [0.15, 0.2) is 11.5 Å². The number of benzene rings is 2. The van der Waals surface area contributed by atoms with Crippen LogP contribution in [0, 0.1) is 12.7 Å². The summed E-state index contributed by atoms with van der Waals surface area (Å²) in [5.41, 5.74) is 0.961. The van der Waals surface area contributed by atoms with E-state index in [0.29, 0.717) is 44.3 Å². The molecule has 7 nitrogen and oxygen atoms in total. The summed E-state index contributed by atoms with van der Waals surface area (Å²) < 4.78 is 26.5. The number of aromatic nitrogens is 2. The lowest BCUT2D eigenvalue weighted by atomic mass is 10.2. The van der Waals surface area contributed by atoms with Crippen LogP contribution in [0.25, 0.3) is 10.2 Å². The summed E-state index contributed by atoms with van der Waals surface area (Å²) in [6, 6.07) is 13.5. The number of rotatable bonds is 5. The highest BCUT2D eigenvalue weighted by molar-refractivity contribution is 7.20. The van der Waals surface area contributed by atoms with Crippen LogP contribution in [-0.4, -0.2) is 34.7 Å². The molecule has 1 aliphatic heterocycles. The Hall–Kier alpha value is -3.72. The Balaban J connectivity index is 1.33. The first-order valence-corrected chi connectivity index (χ1v) is 11.2. The number of nitrogens with zero attached hydrogens (tertiary/aromatic N) is 2. The Morgan fingerprint density at radius 2 is 2.06 bits per heavy atom. The van der Waals surface area contributed by atoms with Crippen LogP contribution in [-0.2, 0) is 6.54 Å². The third kappa shape index (κ3) is 4.19. The fraction of sp³-hybridized carbons (Fsp3) is 0.208. The van der Waals surface area contributed by atoms with E-state index in [1.165, 1.54) is 34.4 Å². The van der Waals surface area contributed by atoms with E-state index in [-0.39, 0.29) is 36.5 Å². The minimum Gasteiger partial charge on any atom is -0.486 e. The second-order valence-corrected chi connectivity index (χ2v) is 8.75. The zero-order chi connectivity index (χ0) is 22.9. The highest BCUT2D eigenvalue weighted by Gasteiger charge is 2.24. The van der Waals surface area contributed by atoms with Crippen molar-refractivity contribution in [3.05, 3.63) is 87.0 Å². The van der Waals surface area contributed by atoms with Crippen LogP contribution in [0.2, 0.25) is 0 Å². The minimum atomic E-state index is -0.365. The Bertz CT molecular complexity index is 1410. The van der Waals surface area contributed by atoms with Crippen LogP contribution in [0.15, 0.2) is 59.7 Å². The molecular weight excluding hydrogens is 445 g/mol. The van der Waals surface area contributed by atoms with E-state index in [1.807, 2.05) is 24.3 Å². The average molecular weight is 466 g/mol. The van der Waals surface area contributed by atoms with Crippen LogP contribution >= 0.6 is 11.3 Å². The first kappa shape index (κ1) is 21.1. The van der Waals surface area contributed by atoms with Gasteiger partial charge in [-0.3, -0.25) is 14.2 Å². The summed E-state index contributed by atoms with van der Waals surface area (Å²) in [5.74, 6) is 0.662. The van der Waals surface area contributed by atoms with Crippen molar-refractivity contribution in [2.75, 3.05) is 13.2 Å². The van der Waals surface area contributed by atoms with Crippen molar-refractivity contribution < 1.29 is 18.7 Å². The number of amides is 1. The fourth-order valence-electron chi connectivity index (χ4n) is 3.77. The molecule has 9 heteroatoms. The van der Waals surface area contributed by atoms with Gasteiger partial charge in [-0.25, -0.2) is 9.37 Å². The normalized spacial score (nSPS) is 14.9. The number of para-hydroxylation sites is 2. The van der Waals surface area contributed by atoms with Crippen molar-refractivity contribution in [1.82, 2.24) is 14.9 Å². The summed E-state index contributed by atoms with van der Waals surface area (Å²) in [5, 5.41) is 3.27. The van der Waals surface area contributed by atoms with Gasteiger partial charge in [0.25, 0.3) is 11.5 Å². The van der Waals surface area contributed by atoms with Gasteiger partial charge in [-0.1, -0.05) is 24.3 Å². The van der Waals surface area contributed by atoms with Gasteiger partial charge in [-0.2, -0.15) is 0 Å². The maximum atomic E-state index is 13.5. The SMILES string of the molecule is Cc1c(C(=O)NCC2COc3ccccc3O2)sc2ncn(Cc3cccc(F)c3)c(=O)c12. The van der Waals surface area contributed by atoms with E-state index in [0.717, 1.165) is 0 Å². The summed E-state index contributed by atoms with van der Waals surface area (Å²) in [6.07, 6.45) is 1.11. The number of fused-ring (bicyclic) bond motifs is 2. The molecule has 33 heavy (non-hydrogen) atoms. The number of ether oxygens (including phenoxy) is 2. The second-order valence-electron chi connectivity index (χ2n) is 7.75. The zero-order valence-electron chi connectivity index (χ0n) is 17.7. The highest BCUT2D eigenvalue weighted by Crippen LogP contribution is 2.31. The monoisotopic (exact) mass is 465 g/mol. The second kappa shape index (κ2) is 8.67. The molecule has 1 amide bonds. The zero-order valence-corrected chi connectivity index (χ0v) is 18.5. The molecule has 2 aromatic carbocycles. The number of thiophene rings is 1. The van der Waals surface area contributed by atoms with Crippen LogP contribution in [0.5, 0.6) is 11.5 Å².